The lowest BCUT2D eigenvalue weighted by molar-refractivity contribution is -0.124. The Morgan fingerprint density at radius 2 is 1.94 bits per heavy atom. The lowest BCUT2D eigenvalue weighted by Gasteiger charge is -2.35. The predicted octanol–water partition coefficient (Wildman–Crippen LogP) is 2.71. The number of hydrogen-bond donors (Lipinski definition) is 3. The van der Waals surface area contributed by atoms with E-state index in [4.69, 9.17) is 23.1 Å². The van der Waals surface area contributed by atoms with Crippen molar-refractivity contribution >= 4 is 50.9 Å². The average Bonchev–Trinajstić information content (AvgIpc) is 2.77. The zero-order valence-electron chi connectivity index (χ0n) is 17.3. The van der Waals surface area contributed by atoms with Gasteiger partial charge < -0.3 is 16.8 Å². The predicted molar refractivity (Wildman–Crippen MR) is 126 cm³/mol. The first-order valence-corrected chi connectivity index (χ1v) is 10.7. The van der Waals surface area contributed by atoms with Gasteiger partial charge >= 0.3 is 0 Å². The normalized spacial score (nSPS) is 15.7. The first kappa shape index (κ1) is 20.4. The minimum absolute atomic E-state index is 0.00728. The number of amides is 1. The Bertz CT molecular complexity index is 1340. The molecule has 3 heterocycles. The Balaban J connectivity index is 1.57. The van der Waals surface area contributed by atoms with Crippen LogP contribution in [-0.2, 0) is 11.2 Å². The number of fused-ring (bicyclic) bond motifs is 2. The Kier molecular flexibility index (Phi) is 5.24. The van der Waals surface area contributed by atoms with E-state index in [1.54, 1.807) is 6.07 Å². The number of nitrogens with zero attached hydrogens (tertiary/aromatic N) is 4. The van der Waals surface area contributed by atoms with E-state index >= 15 is 0 Å². The maximum atomic E-state index is 12.2. The number of carbonyl (C=O) groups is 1. The first-order chi connectivity index (χ1) is 15.5. The Labute approximate surface area is 189 Å². The Hall–Kier alpha value is -3.49. The topological polar surface area (TPSA) is 123 Å². The molecule has 2 aromatic carbocycles. The van der Waals surface area contributed by atoms with Crippen LogP contribution in [0.15, 0.2) is 48.8 Å². The van der Waals surface area contributed by atoms with Crippen molar-refractivity contribution in [3.05, 3.63) is 64.9 Å². The van der Waals surface area contributed by atoms with Crippen LogP contribution in [-0.4, -0.2) is 45.4 Å². The SMILES string of the molecule is Nc1nc2cc(Cl)ccc2cc1CC(c1ccc2c(N)ncnc2c1)N1CCNC(=O)C1. The highest BCUT2D eigenvalue weighted by atomic mass is 35.5. The summed E-state index contributed by atoms with van der Waals surface area (Å²) in [6.07, 6.45) is 2.05. The third-order valence-electron chi connectivity index (χ3n) is 5.89. The van der Waals surface area contributed by atoms with Gasteiger partial charge in [-0.3, -0.25) is 9.69 Å². The molecular formula is C23H22ClN7O. The van der Waals surface area contributed by atoms with Gasteiger partial charge in [-0.25, -0.2) is 15.0 Å². The number of anilines is 2. The number of piperazine rings is 1. The van der Waals surface area contributed by atoms with Crippen molar-refractivity contribution in [2.45, 2.75) is 12.5 Å². The molecule has 1 amide bonds. The molecule has 0 saturated carbocycles. The van der Waals surface area contributed by atoms with Crippen molar-refractivity contribution < 1.29 is 4.79 Å². The van der Waals surface area contributed by atoms with Gasteiger partial charge in [-0.2, -0.15) is 0 Å². The van der Waals surface area contributed by atoms with Gasteiger partial charge in [0.1, 0.15) is 18.0 Å². The van der Waals surface area contributed by atoms with E-state index < -0.39 is 0 Å². The summed E-state index contributed by atoms with van der Waals surface area (Å²) >= 11 is 6.10. The molecule has 0 radical (unpaired) electrons. The maximum Gasteiger partial charge on any atom is 0.234 e. The molecule has 8 nitrogen and oxygen atoms in total. The van der Waals surface area contributed by atoms with E-state index in [9.17, 15) is 4.79 Å². The Morgan fingerprint density at radius 1 is 1.06 bits per heavy atom. The van der Waals surface area contributed by atoms with Crippen LogP contribution in [0, 0.1) is 0 Å². The fourth-order valence-electron chi connectivity index (χ4n) is 4.26. The summed E-state index contributed by atoms with van der Waals surface area (Å²) in [5, 5.41) is 5.28. The van der Waals surface area contributed by atoms with Crippen molar-refractivity contribution in [3.63, 3.8) is 0 Å². The fraction of sp³-hybridized carbons (Fsp3) is 0.217. The Morgan fingerprint density at radius 3 is 2.78 bits per heavy atom. The van der Waals surface area contributed by atoms with Crippen molar-refractivity contribution in [3.8, 4) is 0 Å². The van der Waals surface area contributed by atoms with Gasteiger partial charge in [-0.05, 0) is 47.9 Å². The van der Waals surface area contributed by atoms with Crippen molar-refractivity contribution in [2.24, 2.45) is 0 Å². The van der Waals surface area contributed by atoms with Gasteiger partial charge in [0.15, 0.2) is 0 Å². The molecule has 5 N–H and O–H groups in total. The van der Waals surface area contributed by atoms with Gasteiger partial charge in [0.2, 0.25) is 5.91 Å². The summed E-state index contributed by atoms with van der Waals surface area (Å²) in [5.74, 6) is 0.906. The third kappa shape index (κ3) is 3.90. The molecule has 1 aliphatic heterocycles. The maximum absolute atomic E-state index is 12.2. The van der Waals surface area contributed by atoms with Crippen LogP contribution in [0.5, 0.6) is 0 Å². The molecule has 1 atom stereocenters. The number of benzene rings is 2. The van der Waals surface area contributed by atoms with Crippen LogP contribution in [0.3, 0.4) is 0 Å². The minimum Gasteiger partial charge on any atom is -0.383 e. The minimum atomic E-state index is -0.0875. The van der Waals surface area contributed by atoms with Crippen LogP contribution >= 0.6 is 11.6 Å². The lowest BCUT2D eigenvalue weighted by Crippen LogP contribution is -2.49. The highest BCUT2D eigenvalue weighted by Crippen LogP contribution is 2.31. The second-order valence-electron chi connectivity index (χ2n) is 7.95. The molecule has 5 rings (SSSR count). The number of rotatable bonds is 4. The fourth-order valence-corrected chi connectivity index (χ4v) is 4.42. The summed E-state index contributed by atoms with van der Waals surface area (Å²) in [4.78, 5) is 27.3. The monoisotopic (exact) mass is 447 g/mol. The van der Waals surface area contributed by atoms with Gasteiger partial charge in [-0.15, -0.1) is 0 Å². The number of nitrogen functional groups attached to an aromatic ring is 2. The van der Waals surface area contributed by atoms with Crippen LogP contribution in [0.25, 0.3) is 21.8 Å². The van der Waals surface area contributed by atoms with E-state index in [0.717, 1.165) is 39.5 Å². The van der Waals surface area contributed by atoms with Crippen LogP contribution in [0.2, 0.25) is 5.02 Å². The van der Waals surface area contributed by atoms with Gasteiger partial charge in [0.05, 0.1) is 17.6 Å². The molecule has 1 fully saturated rings. The average molecular weight is 448 g/mol. The number of pyridine rings is 1. The summed E-state index contributed by atoms with van der Waals surface area (Å²) in [6.45, 7) is 1.64. The molecule has 9 heteroatoms. The van der Waals surface area contributed by atoms with E-state index in [1.807, 2.05) is 36.4 Å². The smallest absolute Gasteiger partial charge is 0.234 e. The molecule has 0 bridgehead atoms. The lowest BCUT2D eigenvalue weighted by atomic mass is 9.95. The summed E-state index contributed by atoms with van der Waals surface area (Å²) < 4.78 is 0. The van der Waals surface area contributed by atoms with Crippen molar-refractivity contribution in [2.75, 3.05) is 31.1 Å². The highest BCUT2D eigenvalue weighted by Gasteiger charge is 2.27. The first-order valence-electron chi connectivity index (χ1n) is 10.3. The van der Waals surface area contributed by atoms with Crippen molar-refractivity contribution in [1.82, 2.24) is 25.2 Å². The number of hydrogen-bond acceptors (Lipinski definition) is 7. The second-order valence-corrected chi connectivity index (χ2v) is 8.38. The molecule has 2 aromatic heterocycles. The summed E-state index contributed by atoms with van der Waals surface area (Å²) in [6, 6.07) is 13.5. The third-order valence-corrected chi connectivity index (χ3v) is 6.13. The molecular weight excluding hydrogens is 426 g/mol. The molecule has 162 valence electrons. The summed E-state index contributed by atoms with van der Waals surface area (Å²) in [7, 11) is 0. The highest BCUT2D eigenvalue weighted by molar-refractivity contribution is 6.31. The second kappa shape index (κ2) is 8.22. The molecule has 0 spiro atoms. The van der Waals surface area contributed by atoms with Crippen LogP contribution in [0.4, 0.5) is 11.6 Å². The quantitative estimate of drug-likeness (QED) is 0.439. The zero-order valence-corrected chi connectivity index (χ0v) is 18.0. The van der Waals surface area contributed by atoms with E-state index in [1.165, 1.54) is 6.33 Å². The van der Waals surface area contributed by atoms with E-state index in [0.29, 0.717) is 36.2 Å². The molecule has 1 unspecified atom stereocenters. The van der Waals surface area contributed by atoms with E-state index in [-0.39, 0.29) is 11.9 Å². The van der Waals surface area contributed by atoms with Gasteiger partial charge in [0.25, 0.3) is 0 Å². The van der Waals surface area contributed by atoms with Crippen LogP contribution in [0.1, 0.15) is 17.2 Å². The number of halogens is 1. The number of carbonyl (C=O) groups excluding carboxylic acids is 1. The molecule has 4 aromatic rings. The van der Waals surface area contributed by atoms with Crippen LogP contribution < -0.4 is 16.8 Å². The molecule has 1 aliphatic rings. The molecule has 1 saturated heterocycles. The van der Waals surface area contributed by atoms with Gasteiger partial charge in [0, 0.05) is 34.9 Å². The molecule has 0 aliphatic carbocycles. The number of aromatic nitrogens is 3. The largest absolute Gasteiger partial charge is 0.383 e. The van der Waals surface area contributed by atoms with Gasteiger partial charge in [-0.1, -0.05) is 23.7 Å². The summed E-state index contributed by atoms with van der Waals surface area (Å²) in [5.41, 5.74) is 15.8. The number of nitrogens with two attached hydrogens (primary N) is 2. The van der Waals surface area contributed by atoms with Crippen molar-refractivity contribution in [1.29, 1.82) is 0 Å². The van der Waals surface area contributed by atoms with E-state index in [2.05, 4.69) is 25.2 Å². The molecule has 32 heavy (non-hydrogen) atoms. The number of nitrogens with one attached hydrogen (secondary N) is 1. The zero-order chi connectivity index (χ0) is 22.2. The standard InChI is InChI=1S/C23H22ClN7O/c24-16-3-1-13-7-15(22(25)30-18(13)10-16)9-20(31-6-5-27-21(32)11-31)14-2-4-17-19(8-14)28-12-29-23(17)26/h1-4,7-8,10,12,20H,5-6,9,11H2,(H2,25,30)(H,27,32)(H2,26,28,29).